The van der Waals surface area contributed by atoms with Gasteiger partial charge in [0.1, 0.15) is 23.1 Å². The Hall–Kier alpha value is -3.74. The monoisotopic (exact) mass is 408 g/mol. The van der Waals surface area contributed by atoms with Crippen LogP contribution in [-0.4, -0.2) is 18.4 Å². The Bertz CT molecular complexity index is 1070. The highest BCUT2D eigenvalue weighted by atomic mass is 19.1. The molecule has 0 unspecified atom stereocenters. The Kier molecular flexibility index (Phi) is 5.43. The van der Waals surface area contributed by atoms with E-state index in [2.05, 4.69) is 10.6 Å². The van der Waals surface area contributed by atoms with Crippen LogP contribution < -0.4 is 15.4 Å². The molecule has 152 valence electrons. The van der Waals surface area contributed by atoms with Gasteiger partial charge >= 0.3 is 0 Å². The fourth-order valence-electron chi connectivity index (χ4n) is 3.36. The first-order chi connectivity index (χ1) is 14.5. The number of ether oxygens (including phenoxy) is 1. The van der Waals surface area contributed by atoms with Gasteiger partial charge in [-0.3, -0.25) is 9.59 Å². The van der Waals surface area contributed by atoms with Gasteiger partial charge in [0.2, 0.25) is 5.91 Å². The number of nitrogens with one attached hydrogen (secondary N) is 2. The topological polar surface area (TPSA) is 67.4 Å². The van der Waals surface area contributed by atoms with Gasteiger partial charge in [-0.25, -0.2) is 8.78 Å². The smallest absolute Gasteiger partial charge is 0.254 e. The predicted octanol–water partition coefficient (Wildman–Crippen LogP) is 4.10. The molecule has 0 aromatic heterocycles. The number of hydrogen-bond donors (Lipinski definition) is 2. The van der Waals surface area contributed by atoms with Crippen LogP contribution in [-0.2, 0) is 4.79 Å². The fraction of sp³-hybridized carbons (Fsp3) is 0.130. The lowest BCUT2D eigenvalue weighted by Gasteiger charge is -2.28. The quantitative estimate of drug-likeness (QED) is 0.668. The van der Waals surface area contributed by atoms with Gasteiger partial charge in [0, 0.05) is 30.2 Å². The summed E-state index contributed by atoms with van der Waals surface area (Å²) in [4.78, 5) is 24.6. The molecule has 7 heteroatoms. The summed E-state index contributed by atoms with van der Waals surface area (Å²) in [6.45, 7) is 0.00793. The molecular weight excluding hydrogens is 390 g/mol. The van der Waals surface area contributed by atoms with E-state index in [4.69, 9.17) is 4.74 Å². The molecule has 1 aliphatic rings. The number of hydrogen-bond acceptors (Lipinski definition) is 3. The third kappa shape index (κ3) is 4.00. The second-order valence-electron chi connectivity index (χ2n) is 6.81. The molecule has 0 bridgehead atoms. The highest BCUT2D eigenvalue weighted by Gasteiger charge is 2.27. The normalized spacial score (nSPS) is 12.3. The number of benzene rings is 3. The molecule has 1 aliphatic heterocycles. The zero-order valence-corrected chi connectivity index (χ0v) is 15.8. The predicted molar refractivity (Wildman–Crippen MR) is 106 cm³/mol. The SMILES string of the molecule is O=C(CCNC(=O)c1ccc(F)cc1F)NC1c2ccccc2Oc2ccccc21. The number of rotatable bonds is 5. The molecule has 0 saturated heterocycles. The fourth-order valence-corrected chi connectivity index (χ4v) is 3.36. The summed E-state index contributed by atoms with van der Waals surface area (Å²) in [6.07, 6.45) is -0.00373. The van der Waals surface area contributed by atoms with Crippen molar-refractivity contribution >= 4 is 11.8 Å². The molecular formula is C23H18F2N2O3. The molecule has 4 rings (SSSR count). The number of fused-ring (bicyclic) bond motifs is 2. The van der Waals surface area contributed by atoms with Crippen molar-refractivity contribution in [3.63, 3.8) is 0 Å². The highest BCUT2D eigenvalue weighted by molar-refractivity contribution is 5.94. The Morgan fingerprint density at radius 3 is 2.17 bits per heavy atom. The summed E-state index contributed by atoms with van der Waals surface area (Å²) < 4.78 is 32.6. The van der Waals surface area contributed by atoms with Gasteiger partial charge < -0.3 is 15.4 Å². The van der Waals surface area contributed by atoms with E-state index in [9.17, 15) is 18.4 Å². The summed E-state index contributed by atoms with van der Waals surface area (Å²) >= 11 is 0. The third-order valence-corrected chi connectivity index (χ3v) is 4.80. The van der Waals surface area contributed by atoms with Gasteiger partial charge in [-0.15, -0.1) is 0 Å². The lowest BCUT2D eigenvalue weighted by Crippen LogP contribution is -2.34. The maximum absolute atomic E-state index is 13.7. The Morgan fingerprint density at radius 1 is 0.900 bits per heavy atom. The molecule has 0 radical (unpaired) electrons. The number of amides is 2. The first kappa shape index (κ1) is 19.6. The Morgan fingerprint density at radius 2 is 1.53 bits per heavy atom. The summed E-state index contributed by atoms with van der Waals surface area (Å²) in [5.74, 6) is -1.37. The van der Waals surface area contributed by atoms with Gasteiger partial charge in [0.15, 0.2) is 0 Å². The molecule has 1 heterocycles. The minimum Gasteiger partial charge on any atom is -0.457 e. The first-order valence-electron chi connectivity index (χ1n) is 9.41. The molecule has 0 atom stereocenters. The maximum Gasteiger partial charge on any atom is 0.254 e. The zero-order chi connectivity index (χ0) is 21.1. The molecule has 0 spiro atoms. The lowest BCUT2D eigenvalue weighted by molar-refractivity contribution is -0.121. The van der Waals surface area contributed by atoms with Crippen LogP contribution in [0.4, 0.5) is 8.78 Å². The summed E-state index contributed by atoms with van der Waals surface area (Å²) in [5.41, 5.74) is 1.40. The van der Waals surface area contributed by atoms with Gasteiger partial charge in [-0.2, -0.15) is 0 Å². The molecule has 0 aliphatic carbocycles. The van der Waals surface area contributed by atoms with Crippen LogP contribution in [0.5, 0.6) is 11.5 Å². The van der Waals surface area contributed by atoms with E-state index in [1.807, 2.05) is 48.5 Å². The van der Waals surface area contributed by atoms with Crippen LogP contribution in [0.2, 0.25) is 0 Å². The van der Waals surface area contributed by atoms with Gasteiger partial charge in [-0.1, -0.05) is 36.4 Å². The summed E-state index contributed by atoms with van der Waals surface area (Å²) in [6, 6.07) is 17.2. The van der Waals surface area contributed by atoms with Crippen molar-refractivity contribution in [1.29, 1.82) is 0 Å². The largest absolute Gasteiger partial charge is 0.457 e. The highest BCUT2D eigenvalue weighted by Crippen LogP contribution is 2.42. The van der Waals surface area contributed by atoms with Crippen molar-refractivity contribution in [2.45, 2.75) is 12.5 Å². The third-order valence-electron chi connectivity index (χ3n) is 4.80. The van der Waals surface area contributed by atoms with Crippen molar-refractivity contribution < 1.29 is 23.1 Å². The van der Waals surface area contributed by atoms with Gasteiger partial charge in [0.25, 0.3) is 5.91 Å². The Labute approximate surface area is 171 Å². The second-order valence-corrected chi connectivity index (χ2v) is 6.81. The van der Waals surface area contributed by atoms with Crippen LogP contribution in [0.3, 0.4) is 0 Å². The van der Waals surface area contributed by atoms with E-state index in [0.717, 1.165) is 23.3 Å². The molecule has 0 saturated carbocycles. The van der Waals surface area contributed by atoms with Crippen LogP contribution in [0.25, 0.3) is 0 Å². The van der Waals surface area contributed by atoms with Crippen molar-refractivity contribution in [1.82, 2.24) is 10.6 Å². The van der Waals surface area contributed by atoms with Crippen molar-refractivity contribution in [3.05, 3.63) is 95.1 Å². The number of carbonyl (C=O) groups is 2. The van der Waals surface area contributed by atoms with E-state index >= 15 is 0 Å². The summed E-state index contributed by atoms with van der Waals surface area (Å²) in [7, 11) is 0. The lowest BCUT2D eigenvalue weighted by atomic mass is 9.94. The maximum atomic E-state index is 13.7. The molecule has 2 N–H and O–H groups in total. The van der Waals surface area contributed by atoms with E-state index < -0.39 is 17.5 Å². The molecule has 3 aromatic carbocycles. The molecule has 2 amide bonds. The van der Waals surface area contributed by atoms with Crippen LogP contribution in [0.1, 0.15) is 33.9 Å². The van der Waals surface area contributed by atoms with Gasteiger partial charge in [0.05, 0.1) is 11.6 Å². The number of para-hydroxylation sites is 2. The minimum absolute atomic E-state index is 0.00373. The average Bonchev–Trinajstić information content (AvgIpc) is 2.73. The van der Waals surface area contributed by atoms with E-state index in [0.29, 0.717) is 17.6 Å². The van der Waals surface area contributed by atoms with Crippen molar-refractivity contribution in [2.75, 3.05) is 6.54 Å². The van der Waals surface area contributed by atoms with Crippen molar-refractivity contribution in [2.24, 2.45) is 0 Å². The first-order valence-corrected chi connectivity index (χ1v) is 9.41. The molecule has 3 aromatic rings. The standard InChI is InChI=1S/C23H18F2N2O3/c24-14-9-10-15(18(25)13-14)23(29)26-12-11-21(28)27-22-16-5-1-3-7-19(16)30-20-8-4-2-6-17(20)22/h1-10,13,22H,11-12H2,(H,26,29)(H,27,28). The molecule has 5 nitrogen and oxygen atoms in total. The van der Waals surface area contributed by atoms with E-state index in [1.165, 1.54) is 0 Å². The zero-order valence-electron chi connectivity index (χ0n) is 15.8. The van der Waals surface area contributed by atoms with Crippen LogP contribution >= 0.6 is 0 Å². The van der Waals surface area contributed by atoms with Gasteiger partial charge in [-0.05, 0) is 24.3 Å². The number of carbonyl (C=O) groups excluding carboxylic acids is 2. The van der Waals surface area contributed by atoms with Crippen molar-refractivity contribution in [3.8, 4) is 11.5 Å². The Balaban J connectivity index is 1.40. The van der Waals surface area contributed by atoms with E-state index in [-0.39, 0.29) is 30.5 Å². The van der Waals surface area contributed by atoms with E-state index in [1.54, 1.807) is 0 Å². The minimum atomic E-state index is -0.952. The summed E-state index contributed by atoms with van der Waals surface area (Å²) in [5, 5.41) is 5.45. The molecule has 0 fully saturated rings. The second kappa shape index (κ2) is 8.32. The van der Waals surface area contributed by atoms with Crippen LogP contribution in [0.15, 0.2) is 66.7 Å². The average molecular weight is 408 g/mol. The molecule has 30 heavy (non-hydrogen) atoms. The number of halogens is 2. The van der Waals surface area contributed by atoms with Crippen LogP contribution in [0, 0.1) is 11.6 Å².